The number of rotatable bonds is 9. The lowest BCUT2D eigenvalue weighted by molar-refractivity contribution is -0.00745. The first-order valence-electron chi connectivity index (χ1n) is 13.8. The Hall–Kier alpha value is -4.53. The molecule has 1 aliphatic rings. The largest absolute Gasteiger partial charge is 0.493 e. The summed E-state index contributed by atoms with van der Waals surface area (Å²) in [6.07, 6.45) is 1.52. The molecular formula is C32H37N5O4. The van der Waals surface area contributed by atoms with E-state index in [9.17, 15) is 4.79 Å². The van der Waals surface area contributed by atoms with Crippen LogP contribution in [-0.2, 0) is 17.7 Å². The molecule has 3 aromatic carbocycles. The lowest BCUT2D eigenvalue weighted by Gasteiger charge is -2.41. The van der Waals surface area contributed by atoms with Gasteiger partial charge in [-0.3, -0.25) is 0 Å². The Morgan fingerprint density at radius 1 is 0.902 bits per heavy atom. The number of anilines is 2. The molecule has 9 nitrogen and oxygen atoms in total. The van der Waals surface area contributed by atoms with Crippen molar-refractivity contribution in [3.63, 3.8) is 0 Å². The Balaban J connectivity index is 1.38. The zero-order chi connectivity index (χ0) is 28.8. The summed E-state index contributed by atoms with van der Waals surface area (Å²) < 4.78 is 17.3. The minimum Gasteiger partial charge on any atom is -0.493 e. The Bertz CT molecular complexity index is 1470. The molecule has 5 rings (SSSR count). The van der Waals surface area contributed by atoms with Gasteiger partial charge >= 0.3 is 6.09 Å². The van der Waals surface area contributed by atoms with Gasteiger partial charge in [0.1, 0.15) is 11.4 Å². The second kappa shape index (κ2) is 12.3. The summed E-state index contributed by atoms with van der Waals surface area (Å²) in [6.45, 7) is 1.70. The van der Waals surface area contributed by atoms with Crippen LogP contribution in [0.25, 0.3) is 10.9 Å². The third-order valence-corrected chi connectivity index (χ3v) is 7.51. The van der Waals surface area contributed by atoms with Crippen LogP contribution in [0.1, 0.15) is 24.0 Å². The van der Waals surface area contributed by atoms with E-state index in [0.29, 0.717) is 56.3 Å². The van der Waals surface area contributed by atoms with Crippen LogP contribution in [0.4, 0.5) is 16.6 Å². The van der Waals surface area contributed by atoms with Crippen LogP contribution in [-0.4, -0.2) is 63.1 Å². The number of nitrogens with zero attached hydrogens (tertiary/aromatic N) is 4. The number of amides is 1. The molecular weight excluding hydrogens is 518 g/mol. The molecule has 1 amide bonds. The van der Waals surface area contributed by atoms with Crippen LogP contribution in [0.2, 0.25) is 0 Å². The standard InChI is InChI=1S/C32H37N5O4/c1-36(2)29-25-19-27(39-3)28(40-4)20-26(25)34-30(35-29)37-17-15-32(16-18-37,21-23-11-7-5-8-12-23)41-31(38)33-22-24-13-9-6-10-14-24/h5-14,19-20H,15-18,21-22H2,1-4H3,(H,33,38). The van der Waals surface area contributed by atoms with Gasteiger partial charge < -0.3 is 29.3 Å². The molecule has 1 aliphatic heterocycles. The van der Waals surface area contributed by atoms with E-state index in [-0.39, 0.29) is 0 Å². The van der Waals surface area contributed by atoms with Crippen molar-refractivity contribution in [2.45, 2.75) is 31.4 Å². The maximum atomic E-state index is 13.0. The lowest BCUT2D eigenvalue weighted by atomic mass is 9.85. The molecule has 0 bridgehead atoms. The van der Waals surface area contributed by atoms with Gasteiger partial charge in [-0.2, -0.15) is 4.98 Å². The van der Waals surface area contributed by atoms with Crippen molar-refractivity contribution < 1.29 is 19.0 Å². The zero-order valence-electron chi connectivity index (χ0n) is 24.1. The van der Waals surface area contributed by atoms with Crippen molar-refractivity contribution in [3.8, 4) is 11.5 Å². The number of hydrogen-bond acceptors (Lipinski definition) is 8. The zero-order valence-corrected chi connectivity index (χ0v) is 24.1. The molecule has 0 unspecified atom stereocenters. The Morgan fingerprint density at radius 2 is 1.51 bits per heavy atom. The smallest absolute Gasteiger partial charge is 0.407 e. The molecule has 0 aliphatic carbocycles. The highest BCUT2D eigenvalue weighted by Gasteiger charge is 2.39. The molecule has 0 atom stereocenters. The van der Waals surface area contributed by atoms with Gasteiger partial charge in [0.2, 0.25) is 5.95 Å². The number of methoxy groups -OCH3 is 2. The number of aromatic nitrogens is 2. The van der Waals surface area contributed by atoms with Crippen molar-refractivity contribution in [2.75, 3.05) is 51.2 Å². The minimum absolute atomic E-state index is 0.406. The summed E-state index contributed by atoms with van der Waals surface area (Å²) in [5, 5.41) is 3.81. The number of alkyl carbamates (subject to hydrolysis) is 1. The predicted octanol–water partition coefficient (Wildman–Crippen LogP) is 5.22. The fraction of sp³-hybridized carbons (Fsp3) is 0.344. The van der Waals surface area contributed by atoms with E-state index < -0.39 is 11.7 Å². The van der Waals surface area contributed by atoms with Crippen molar-refractivity contribution >= 4 is 28.8 Å². The molecule has 41 heavy (non-hydrogen) atoms. The van der Waals surface area contributed by atoms with E-state index in [0.717, 1.165) is 27.8 Å². The number of hydrogen-bond donors (Lipinski definition) is 1. The quantitative estimate of drug-likeness (QED) is 0.301. The molecule has 4 aromatic rings. The SMILES string of the molecule is COc1cc2nc(N3CCC(Cc4ccccc4)(OC(=O)NCc4ccccc4)CC3)nc(N(C)C)c2cc1OC. The number of benzene rings is 3. The summed E-state index contributed by atoms with van der Waals surface area (Å²) in [5.41, 5.74) is 2.29. The summed E-state index contributed by atoms with van der Waals surface area (Å²) in [7, 11) is 7.16. The first-order chi connectivity index (χ1) is 19.9. The second-order valence-corrected chi connectivity index (χ2v) is 10.5. The van der Waals surface area contributed by atoms with Gasteiger partial charge in [0.15, 0.2) is 11.5 Å². The number of ether oxygens (including phenoxy) is 3. The van der Waals surface area contributed by atoms with Gasteiger partial charge in [-0.1, -0.05) is 60.7 Å². The average Bonchev–Trinajstić information content (AvgIpc) is 3.00. The van der Waals surface area contributed by atoms with E-state index >= 15 is 0 Å². The van der Waals surface area contributed by atoms with Crippen molar-refractivity contribution in [1.82, 2.24) is 15.3 Å². The maximum absolute atomic E-state index is 13.0. The highest BCUT2D eigenvalue weighted by Crippen LogP contribution is 2.37. The summed E-state index contributed by atoms with van der Waals surface area (Å²) in [6, 6.07) is 23.8. The van der Waals surface area contributed by atoms with Crippen LogP contribution in [0, 0.1) is 0 Å². The molecule has 1 aromatic heterocycles. The number of fused-ring (bicyclic) bond motifs is 1. The number of carbonyl (C=O) groups is 1. The van der Waals surface area contributed by atoms with Gasteiger partial charge in [0.05, 0.1) is 19.7 Å². The molecule has 0 radical (unpaired) electrons. The lowest BCUT2D eigenvalue weighted by Crippen LogP contribution is -2.50. The van der Waals surface area contributed by atoms with E-state index in [2.05, 4.69) is 22.3 Å². The maximum Gasteiger partial charge on any atom is 0.407 e. The van der Waals surface area contributed by atoms with Gasteiger partial charge in [-0.05, 0) is 17.2 Å². The molecule has 9 heteroatoms. The van der Waals surface area contributed by atoms with Crippen LogP contribution in [0.5, 0.6) is 11.5 Å². The van der Waals surface area contributed by atoms with Crippen LogP contribution < -0.4 is 24.6 Å². The number of piperidine rings is 1. The van der Waals surface area contributed by atoms with Gasteiger partial charge in [0.25, 0.3) is 0 Å². The Kier molecular flexibility index (Phi) is 8.42. The molecule has 0 saturated carbocycles. The molecule has 1 saturated heterocycles. The van der Waals surface area contributed by atoms with Crippen molar-refractivity contribution in [1.29, 1.82) is 0 Å². The van der Waals surface area contributed by atoms with Crippen molar-refractivity contribution in [2.24, 2.45) is 0 Å². The predicted molar refractivity (Wildman–Crippen MR) is 161 cm³/mol. The minimum atomic E-state index is -0.642. The number of nitrogens with one attached hydrogen (secondary N) is 1. The molecule has 214 valence electrons. The highest BCUT2D eigenvalue weighted by molar-refractivity contribution is 5.93. The topological polar surface area (TPSA) is 89.1 Å². The fourth-order valence-electron chi connectivity index (χ4n) is 5.31. The van der Waals surface area contributed by atoms with E-state index in [1.165, 1.54) is 0 Å². The van der Waals surface area contributed by atoms with Gasteiger partial charge in [-0.25, -0.2) is 9.78 Å². The van der Waals surface area contributed by atoms with Gasteiger partial charge in [0, 0.05) is 64.4 Å². The number of carbonyl (C=O) groups excluding carboxylic acids is 1. The fourth-order valence-corrected chi connectivity index (χ4v) is 5.31. The van der Waals surface area contributed by atoms with Crippen LogP contribution >= 0.6 is 0 Å². The first kappa shape index (κ1) is 28.0. The average molecular weight is 556 g/mol. The summed E-state index contributed by atoms with van der Waals surface area (Å²) in [5.74, 6) is 2.68. The third kappa shape index (κ3) is 6.45. The second-order valence-electron chi connectivity index (χ2n) is 10.5. The van der Waals surface area contributed by atoms with Crippen molar-refractivity contribution in [3.05, 3.63) is 83.9 Å². The Labute approximate surface area is 241 Å². The van der Waals surface area contributed by atoms with E-state index in [1.54, 1.807) is 14.2 Å². The van der Waals surface area contributed by atoms with E-state index in [1.807, 2.05) is 79.7 Å². The van der Waals surface area contributed by atoms with Gasteiger partial charge in [-0.15, -0.1) is 0 Å². The van der Waals surface area contributed by atoms with E-state index in [4.69, 9.17) is 24.2 Å². The Morgan fingerprint density at radius 3 is 2.12 bits per heavy atom. The highest BCUT2D eigenvalue weighted by atomic mass is 16.6. The summed E-state index contributed by atoms with van der Waals surface area (Å²) in [4.78, 5) is 27.0. The third-order valence-electron chi connectivity index (χ3n) is 7.51. The molecule has 1 N–H and O–H groups in total. The summed E-state index contributed by atoms with van der Waals surface area (Å²) >= 11 is 0. The van der Waals surface area contributed by atoms with Crippen LogP contribution in [0.15, 0.2) is 72.8 Å². The normalized spacial score (nSPS) is 14.4. The molecule has 1 fully saturated rings. The first-order valence-corrected chi connectivity index (χ1v) is 13.8. The molecule has 2 heterocycles. The van der Waals surface area contributed by atoms with Crippen LogP contribution in [0.3, 0.4) is 0 Å². The molecule has 0 spiro atoms. The monoisotopic (exact) mass is 555 g/mol.